The highest BCUT2D eigenvalue weighted by Crippen LogP contribution is 2.24. The van der Waals surface area contributed by atoms with Crippen molar-refractivity contribution in [2.75, 3.05) is 6.61 Å². The van der Waals surface area contributed by atoms with E-state index in [9.17, 15) is 0 Å². The van der Waals surface area contributed by atoms with Gasteiger partial charge in [-0.1, -0.05) is 31.5 Å². The number of rotatable bonds is 8. The molecule has 2 aromatic rings. The standard InChI is InChI=1S/C17H23NOS/c1-3-7-16(17-10-6-11-20-17)18-13-14-8-5-9-15(12-14)19-4-2/h5-6,8-12,16,18H,3-4,7,13H2,1-2H3. The second-order valence-corrected chi connectivity index (χ2v) is 5.80. The Bertz CT molecular complexity index is 495. The van der Waals surface area contributed by atoms with Crippen LogP contribution in [0.25, 0.3) is 0 Å². The van der Waals surface area contributed by atoms with Gasteiger partial charge in [-0.05, 0) is 42.5 Å². The minimum atomic E-state index is 0.454. The van der Waals surface area contributed by atoms with Gasteiger partial charge in [-0.3, -0.25) is 0 Å². The van der Waals surface area contributed by atoms with Crippen LogP contribution in [0.2, 0.25) is 0 Å². The fourth-order valence-electron chi connectivity index (χ4n) is 2.28. The SMILES string of the molecule is CCCC(NCc1cccc(OCC)c1)c1cccs1. The Labute approximate surface area is 125 Å². The highest BCUT2D eigenvalue weighted by Gasteiger charge is 2.10. The molecule has 108 valence electrons. The van der Waals surface area contributed by atoms with Crippen molar-refractivity contribution in [3.05, 3.63) is 52.2 Å². The van der Waals surface area contributed by atoms with E-state index >= 15 is 0 Å². The number of hydrogen-bond donors (Lipinski definition) is 1. The third-order valence-corrected chi connectivity index (χ3v) is 4.21. The summed E-state index contributed by atoms with van der Waals surface area (Å²) >= 11 is 1.83. The Hall–Kier alpha value is -1.32. The van der Waals surface area contributed by atoms with E-state index in [4.69, 9.17) is 4.74 Å². The normalized spacial score (nSPS) is 12.3. The van der Waals surface area contributed by atoms with Crippen LogP contribution in [0.15, 0.2) is 41.8 Å². The van der Waals surface area contributed by atoms with Crippen molar-refractivity contribution in [2.24, 2.45) is 0 Å². The maximum atomic E-state index is 5.55. The number of benzene rings is 1. The second-order valence-electron chi connectivity index (χ2n) is 4.82. The molecule has 2 nitrogen and oxygen atoms in total. The molecule has 0 saturated carbocycles. The van der Waals surface area contributed by atoms with E-state index in [1.807, 2.05) is 24.3 Å². The smallest absolute Gasteiger partial charge is 0.119 e. The fraction of sp³-hybridized carbons (Fsp3) is 0.412. The van der Waals surface area contributed by atoms with E-state index in [-0.39, 0.29) is 0 Å². The first-order valence-electron chi connectivity index (χ1n) is 7.32. The highest BCUT2D eigenvalue weighted by molar-refractivity contribution is 7.10. The number of nitrogens with one attached hydrogen (secondary N) is 1. The van der Waals surface area contributed by atoms with Gasteiger partial charge in [0.05, 0.1) is 6.61 Å². The van der Waals surface area contributed by atoms with Gasteiger partial charge in [0.2, 0.25) is 0 Å². The molecule has 0 radical (unpaired) electrons. The summed E-state index contributed by atoms with van der Waals surface area (Å²) in [7, 11) is 0. The van der Waals surface area contributed by atoms with E-state index in [0.717, 1.165) is 12.3 Å². The third kappa shape index (κ3) is 4.36. The Balaban J connectivity index is 1.96. The summed E-state index contributed by atoms with van der Waals surface area (Å²) < 4.78 is 5.55. The minimum absolute atomic E-state index is 0.454. The lowest BCUT2D eigenvalue weighted by Crippen LogP contribution is -2.20. The monoisotopic (exact) mass is 289 g/mol. The highest BCUT2D eigenvalue weighted by atomic mass is 32.1. The summed E-state index contributed by atoms with van der Waals surface area (Å²) in [4.78, 5) is 1.42. The van der Waals surface area contributed by atoms with Crippen LogP contribution in [-0.2, 0) is 6.54 Å². The molecule has 0 aliphatic rings. The Kier molecular flexibility index (Phi) is 6.09. The molecule has 0 amide bonds. The predicted octanol–water partition coefficient (Wildman–Crippen LogP) is 4.78. The zero-order chi connectivity index (χ0) is 14.2. The van der Waals surface area contributed by atoms with Gasteiger partial charge in [0.25, 0.3) is 0 Å². The summed E-state index contributed by atoms with van der Waals surface area (Å²) in [5.41, 5.74) is 1.27. The van der Waals surface area contributed by atoms with Gasteiger partial charge in [-0.25, -0.2) is 0 Å². The molecule has 2 rings (SSSR count). The molecule has 1 unspecified atom stereocenters. The number of ether oxygens (including phenoxy) is 1. The van der Waals surface area contributed by atoms with Crippen molar-refractivity contribution in [2.45, 2.75) is 39.3 Å². The zero-order valence-corrected chi connectivity index (χ0v) is 13.1. The topological polar surface area (TPSA) is 21.3 Å². The van der Waals surface area contributed by atoms with Gasteiger partial charge in [-0.2, -0.15) is 0 Å². The van der Waals surface area contributed by atoms with Crippen LogP contribution < -0.4 is 10.1 Å². The third-order valence-electron chi connectivity index (χ3n) is 3.23. The van der Waals surface area contributed by atoms with Gasteiger partial charge in [0, 0.05) is 17.5 Å². The molecule has 1 heterocycles. The molecule has 0 bridgehead atoms. The van der Waals surface area contributed by atoms with Crippen LogP contribution in [0.1, 0.15) is 43.2 Å². The molecular weight excluding hydrogens is 266 g/mol. The molecule has 0 fully saturated rings. The summed E-state index contributed by atoms with van der Waals surface area (Å²) in [5, 5.41) is 5.81. The zero-order valence-electron chi connectivity index (χ0n) is 12.3. The van der Waals surface area contributed by atoms with Crippen LogP contribution in [0, 0.1) is 0 Å². The van der Waals surface area contributed by atoms with Crippen molar-refractivity contribution in [3.8, 4) is 5.75 Å². The molecule has 1 aromatic heterocycles. The predicted molar refractivity (Wildman–Crippen MR) is 86.4 cm³/mol. The number of hydrogen-bond acceptors (Lipinski definition) is 3. The summed E-state index contributed by atoms with van der Waals surface area (Å²) in [6.45, 7) is 5.84. The van der Waals surface area contributed by atoms with Crippen molar-refractivity contribution in [1.29, 1.82) is 0 Å². The lowest BCUT2D eigenvalue weighted by molar-refractivity contribution is 0.339. The molecule has 0 aliphatic carbocycles. The second kappa shape index (κ2) is 8.08. The van der Waals surface area contributed by atoms with Crippen molar-refractivity contribution in [3.63, 3.8) is 0 Å². The number of thiophene rings is 1. The molecule has 1 N–H and O–H groups in total. The first-order valence-corrected chi connectivity index (χ1v) is 8.20. The largest absolute Gasteiger partial charge is 0.494 e. The average Bonchev–Trinajstić information content (AvgIpc) is 2.98. The fourth-order valence-corrected chi connectivity index (χ4v) is 3.11. The lowest BCUT2D eigenvalue weighted by Gasteiger charge is -2.17. The molecule has 0 saturated heterocycles. The van der Waals surface area contributed by atoms with Crippen LogP contribution in [0.4, 0.5) is 0 Å². The van der Waals surface area contributed by atoms with E-state index < -0.39 is 0 Å². The first kappa shape index (κ1) is 15.1. The van der Waals surface area contributed by atoms with Crippen molar-refractivity contribution in [1.82, 2.24) is 5.32 Å². The Morgan fingerprint density at radius 3 is 2.80 bits per heavy atom. The van der Waals surface area contributed by atoms with Crippen molar-refractivity contribution >= 4 is 11.3 Å². The Morgan fingerprint density at radius 2 is 2.10 bits per heavy atom. The first-order chi connectivity index (χ1) is 9.83. The molecule has 1 atom stereocenters. The van der Waals surface area contributed by atoms with E-state index in [1.54, 1.807) is 0 Å². The molecule has 0 aliphatic heterocycles. The van der Waals surface area contributed by atoms with Crippen LogP contribution in [0.5, 0.6) is 5.75 Å². The van der Waals surface area contributed by atoms with E-state index in [2.05, 4.69) is 48.0 Å². The molecule has 0 spiro atoms. The van der Waals surface area contributed by atoms with Crippen molar-refractivity contribution < 1.29 is 4.74 Å². The lowest BCUT2D eigenvalue weighted by atomic mass is 10.1. The quantitative estimate of drug-likeness (QED) is 0.755. The van der Waals surface area contributed by atoms with E-state index in [0.29, 0.717) is 12.6 Å². The maximum Gasteiger partial charge on any atom is 0.119 e. The average molecular weight is 289 g/mol. The molecular formula is C17H23NOS. The molecule has 1 aromatic carbocycles. The van der Waals surface area contributed by atoms with Crippen LogP contribution in [-0.4, -0.2) is 6.61 Å². The van der Waals surface area contributed by atoms with Gasteiger partial charge in [0.1, 0.15) is 5.75 Å². The van der Waals surface area contributed by atoms with Crippen LogP contribution >= 0.6 is 11.3 Å². The molecule has 3 heteroatoms. The van der Waals surface area contributed by atoms with E-state index in [1.165, 1.54) is 23.3 Å². The van der Waals surface area contributed by atoms with Gasteiger partial charge < -0.3 is 10.1 Å². The summed E-state index contributed by atoms with van der Waals surface area (Å²) in [6, 6.07) is 13.1. The van der Waals surface area contributed by atoms with Gasteiger partial charge >= 0.3 is 0 Å². The summed E-state index contributed by atoms with van der Waals surface area (Å²) in [6.07, 6.45) is 2.36. The van der Waals surface area contributed by atoms with Crippen LogP contribution in [0.3, 0.4) is 0 Å². The molecule has 20 heavy (non-hydrogen) atoms. The maximum absolute atomic E-state index is 5.55. The minimum Gasteiger partial charge on any atom is -0.494 e. The van der Waals surface area contributed by atoms with Gasteiger partial charge in [0.15, 0.2) is 0 Å². The Morgan fingerprint density at radius 1 is 1.20 bits per heavy atom. The van der Waals surface area contributed by atoms with Gasteiger partial charge in [-0.15, -0.1) is 11.3 Å². The summed E-state index contributed by atoms with van der Waals surface area (Å²) in [5.74, 6) is 0.954.